The van der Waals surface area contributed by atoms with Crippen molar-refractivity contribution in [1.29, 1.82) is 0 Å². The van der Waals surface area contributed by atoms with E-state index in [2.05, 4.69) is 9.97 Å². The van der Waals surface area contributed by atoms with Crippen molar-refractivity contribution in [3.8, 4) is 0 Å². The second-order valence-corrected chi connectivity index (χ2v) is 3.90. The minimum Gasteiger partial charge on any atom is -0.249 e. The number of rotatable bonds is 1. The Morgan fingerprint density at radius 3 is 2.44 bits per heavy atom. The SMILES string of the molecule is CC=Cc1nc2ccc(C(F)(F)F)cc2nc1C. The predicted octanol–water partition coefficient (Wildman–Crippen LogP) is 3.99. The van der Waals surface area contributed by atoms with Crippen LogP contribution in [0.3, 0.4) is 0 Å². The standard InChI is InChI=1S/C13H11F3N2/c1-3-4-10-8(2)17-12-7-9(13(14,15)16)5-6-11(12)18-10/h3-7H,1-2H3. The summed E-state index contributed by atoms with van der Waals surface area (Å²) in [6.45, 7) is 3.57. The maximum absolute atomic E-state index is 12.6. The number of alkyl halides is 3. The molecule has 0 amide bonds. The molecule has 0 saturated heterocycles. The largest absolute Gasteiger partial charge is 0.416 e. The molecule has 2 rings (SSSR count). The quantitative estimate of drug-likeness (QED) is 0.766. The lowest BCUT2D eigenvalue weighted by atomic mass is 10.1. The Balaban J connectivity index is 2.63. The van der Waals surface area contributed by atoms with Gasteiger partial charge in [0.1, 0.15) is 0 Å². The van der Waals surface area contributed by atoms with Gasteiger partial charge in [-0.15, -0.1) is 0 Å². The summed E-state index contributed by atoms with van der Waals surface area (Å²) in [5.41, 5.74) is 1.30. The van der Waals surface area contributed by atoms with Gasteiger partial charge in [-0.3, -0.25) is 0 Å². The lowest BCUT2D eigenvalue weighted by molar-refractivity contribution is -0.137. The molecule has 2 nitrogen and oxygen atoms in total. The van der Waals surface area contributed by atoms with E-state index in [1.807, 2.05) is 13.0 Å². The summed E-state index contributed by atoms with van der Waals surface area (Å²) in [5, 5.41) is 0. The minimum atomic E-state index is -4.36. The smallest absolute Gasteiger partial charge is 0.249 e. The minimum absolute atomic E-state index is 0.260. The Kier molecular flexibility index (Phi) is 3.07. The van der Waals surface area contributed by atoms with E-state index in [9.17, 15) is 13.2 Å². The average Bonchev–Trinajstić information content (AvgIpc) is 2.28. The number of fused-ring (bicyclic) bond motifs is 1. The molecule has 94 valence electrons. The van der Waals surface area contributed by atoms with Gasteiger partial charge >= 0.3 is 6.18 Å². The number of hydrogen-bond acceptors (Lipinski definition) is 2. The molecule has 1 heterocycles. The van der Waals surface area contributed by atoms with Crippen LogP contribution in [0.4, 0.5) is 13.2 Å². The van der Waals surface area contributed by atoms with E-state index in [4.69, 9.17) is 0 Å². The molecule has 1 aromatic carbocycles. The second kappa shape index (κ2) is 4.40. The van der Waals surface area contributed by atoms with E-state index in [1.165, 1.54) is 6.07 Å². The molecule has 0 radical (unpaired) electrons. The molecule has 5 heteroatoms. The van der Waals surface area contributed by atoms with Gasteiger partial charge in [0.25, 0.3) is 0 Å². The summed E-state index contributed by atoms with van der Waals surface area (Å²) in [4.78, 5) is 8.43. The summed E-state index contributed by atoms with van der Waals surface area (Å²) in [6.07, 6.45) is -0.766. The molecule has 0 aliphatic rings. The van der Waals surface area contributed by atoms with Crippen molar-refractivity contribution in [2.75, 3.05) is 0 Å². The van der Waals surface area contributed by atoms with Crippen LogP contribution in [-0.2, 0) is 6.18 Å². The fourth-order valence-electron chi connectivity index (χ4n) is 1.65. The van der Waals surface area contributed by atoms with Crippen LogP contribution in [0, 0.1) is 6.92 Å². The third kappa shape index (κ3) is 2.34. The van der Waals surface area contributed by atoms with Crippen LogP contribution in [0.5, 0.6) is 0 Å². The van der Waals surface area contributed by atoms with Crippen LogP contribution in [0.2, 0.25) is 0 Å². The summed E-state index contributed by atoms with van der Waals surface area (Å²) in [6, 6.07) is 3.39. The number of halogens is 3. The molecule has 0 aliphatic carbocycles. The maximum Gasteiger partial charge on any atom is 0.416 e. The summed E-state index contributed by atoms with van der Waals surface area (Å²) >= 11 is 0. The lowest BCUT2D eigenvalue weighted by Gasteiger charge is -2.08. The molecule has 0 spiro atoms. The Bertz CT molecular complexity index is 615. The lowest BCUT2D eigenvalue weighted by Crippen LogP contribution is -2.05. The number of nitrogens with zero attached hydrogens (tertiary/aromatic N) is 2. The molecule has 0 N–H and O–H groups in total. The second-order valence-electron chi connectivity index (χ2n) is 3.90. The zero-order chi connectivity index (χ0) is 13.3. The van der Waals surface area contributed by atoms with E-state index in [0.29, 0.717) is 16.9 Å². The Hall–Kier alpha value is -1.91. The molecule has 0 unspecified atom stereocenters. The number of aromatic nitrogens is 2. The average molecular weight is 252 g/mol. The summed E-state index contributed by atoms with van der Waals surface area (Å²) in [5.74, 6) is 0. The number of hydrogen-bond donors (Lipinski definition) is 0. The zero-order valence-corrected chi connectivity index (χ0v) is 9.92. The topological polar surface area (TPSA) is 25.8 Å². The number of aryl methyl sites for hydroxylation is 1. The van der Waals surface area contributed by atoms with Gasteiger partial charge in [-0.1, -0.05) is 6.08 Å². The molecule has 0 bridgehead atoms. The van der Waals surface area contributed by atoms with Crippen LogP contribution >= 0.6 is 0 Å². The van der Waals surface area contributed by atoms with Gasteiger partial charge in [-0.25, -0.2) is 9.97 Å². The number of benzene rings is 1. The molecule has 2 aromatic rings. The molecule has 18 heavy (non-hydrogen) atoms. The van der Waals surface area contributed by atoms with Gasteiger partial charge in [-0.2, -0.15) is 13.2 Å². The van der Waals surface area contributed by atoms with Gasteiger partial charge in [0.05, 0.1) is 28.0 Å². The molecule has 0 saturated carbocycles. The van der Waals surface area contributed by atoms with Crippen molar-refractivity contribution in [3.63, 3.8) is 0 Å². The normalized spacial score (nSPS) is 12.5. The molecule has 0 atom stereocenters. The first kappa shape index (κ1) is 12.5. The highest BCUT2D eigenvalue weighted by Gasteiger charge is 2.30. The highest BCUT2D eigenvalue weighted by molar-refractivity contribution is 5.76. The van der Waals surface area contributed by atoms with E-state index in [-0.39, 0.29) is 5.52 Å². The zero-order valence-electron chi connectivity index (χ0n) is 9.92. The van der Waals surface area contributed by atoms with Crippen LogP contribution < -0.4 is 0 Å². The van der Waals surface area contributed by atoms with E-state index >= 15 is 0 Å². The van der Waals surface area contributed by atoms with Gasteiger partial charge < -0.3 is 0 Å². The fourth-order valence-corrected chi connectivity index (χ4v) is 1.65. The van der Waals surface area contributed by atoms with Gasteiger partial charge in [-0.05, 0) is 38.1 Å². The van der Waals surface area contributed by atoms with E-state index < -0.39 is 11.7 Å². The van der Waals surface area contributed by atoms with Crippen LogP contribution in [0.15, 0.2) is 24.3 Å². The first-order valence-corrected chi connectivity index (χ1v) is 5.40. The highest BCUT2D eigenvalue weighted by Crippen LogP contribution is 2.30. The van der Waals surface area contributed by atoms with Crippen molar-refractivity contribution in [3.05, 3.63) is 41.2 Å². The monoisotopic (exact) mass is 252 g/mol. The Labute approximate surface area is 102 Å². The third-order valence-electron chi connectivity index (χ3n) is 2.53. The van der Waals surface area contributed by atoms with Crippen LogP contribution in [0.25, 0.3) is 17.1 Å². The van der Waals surface area contributed by atoms with E-state index in [1.54, 1.807) is 13.0 Å². The van der Waals surface area contributed by atoms with Gasteiger partial charge in [0.15, 0.2) is 0 Å². The van der Waals surface area contributed by atoms with E-state index in [0.717, 1.165) is 12.1 Å². The van der Waals surface area contributed by atoms with Crippen molar-refractivity contribution in [2.24, 2.45) is 0 Å². The van der Waals surface area contributed by atoms with Crippen molar-refractivity contribution in [1.82, 2.24) is 9.97 Å². The van der Waals surface area contributed by atoms with Crippen LogP contribution in [0.1, 0.15) is 23.9 Å². The third-order valence-corrected chi connectivity index (χ3v) is 2.53. The fraction of sp³-hybridized carbons (Fsp3) is 0.231. The molecule has 1 aromatic heterocycles. The van der Waals surface area contributed by atoms with Crippen molar-refractivity contribution >= 4 is 17.1 Å². The molecular formula is C13H11F3N2. The Morgan fingerprint density at radius 2 is 1.83 bits per heavy atom. The molecule has 0 aliphatic heterocycles. The van der Waals surface area contributed by atoms with Crippen LogP contribution in [-0.4, -0.2) is 9.97 Å². The van der Waals surface area contributed by atoms with Gasteiger partial charge in [0, 0.05) is 0 Å². The number of allylic oxidation sites excluding steroid dienone is 1. The summed E-state index contributed by atoms with van der Waals surface area (Å²) in [7, 11) is 0. The maximum atomic E-state index is 12.6. The highest BCUT2D eigenvalue weighted by atomic mass is 19.4. The van der Waals surface area contributed by atoms with Gasteiger partial charge in [0.2, 0.25) is 0 Å². The first-order valence-electron chi connectivity index (χ1n) is 5.40. The summed E-state index contributed by atoms with van der Waals surface area (Å²) < 4.78 is 37.7. The first-order chi connectivity index (χ1) is 8.41. The van der Waals surface area contributed by atoms with Crippen molar-refractivity contribution < 1.29 is 13.2 Å². The molecular weight excluding hydrogens is 241 g/mol. The predicted molar refractivity (Wildman–Crippen MR) is 64.0 cm³/mol. The van der Waals surface area contributed by atoms with Crippen molar-refractivity contribution in [2.45, 2.75) is 20.0 Å². The molecule has 0 fully saturated rings. The Morgan fingerprint density at radius 1 is 1.11 bits per heavy atom.